The van der Waals surface area contributed by atoms with Gasteiger partial charge in [-0.05, 0) is 25.0 Å². The fourth-order valence-electron chi connectivity index (χ4n) is 2.78. The Bertz CT molecular complexity index is 713. The Labute approximate surface area is 155 Å². The highest BCUT2D eigenvalue weighted by Crippen LogP contribution is 2.10. The number of likely N-dealkylation sites (tertiary alicyclic amines) is 1. The fraction of sp³-hybridized carbons (Fsp3) is 0.529. The van der Waals surface area contributed by atoms with E-state index in [-0.39, 0.29) is 23.4 Å². The first-order valence-corrected chi connectivity index (χ1v) is 10.2. The average molecular weight is 382 g/mol. The summed E-state index contributed by atoms with van der Waals surface area (Å²) < 4.78 is 26.8. The minimum Gasteiger partial charge on any atom is -0.355 e. The summed E-state index contributed by atoms with van der Waals surface area (Å²) >= 11 is 0. The van der Waals surface area contributed by atoms with Gasteiger partial charge >= 0.3 is 0 Å². The highest BCUT2D eigenvalue weighted by atomic mass is 32.2. The number of hydrogen-bond acceptors (Lipinski definition) is 4. The number of piperidine rings is 1. The van der Waals surface area contributed by atoms with Gasteiger partial charge in [-0.25, -0.2) is 13.1 Å². The van der Waals surface area contributed by atoms with E-state index in [1.807, 2.05) is 4.90 Å². The number of nitrogens with one attached hydrogen (secondary N) is 3. The maximum absolute atomic E-state index is 12.1. The van der Waals surface area contributed by atoms with Gasteiger partial charge in [0.15, 0.2) is 5.96 Å². The number of sulfonamides is 1. The Morgan fingerprint density at radius 2 is 1.85 bits per heavy atom. The van der Waals surface area contributed by atoms with Crippen molar-refractivity contribution >= 4 is 21.9 Å². The monoisotopic (exact) mass is 381 g/mol. The van der Waals surface area contributed by atoms with Gasteiger partial charge in [0.05, 0.1) is 4.90 Å². The zero-order valence-electron chi connectivity index (χ0n) is 15.2. The standard InChI is InChI=1S/C17H27N5O3S/c1-14(23)22-12-8-15(9-13-22)21-17(18-2)19-10-11-20-26(24,25)16-6-4-3-5-7-16/h3-7,15,20H,8-13H2,1-2H3,(H2,18,19,21). The predicted molar refractivity (Wildman–Crippen MR) is 101 cm³/mol. The first kappa shape index (κ1) is 20.2. The molecule has 1 fully saturated rings. The molecule has 2 rings (SSSR count). The van der Waals surface area contributed by atoms with Crippen molar-refractivity contribution in [2.75, 3.05) is 33.2 Å². The van der Waals surface area contributed by atoms with Gasteiger partial charge in [0.2, 0.25) is 15.9 Å². The average Bonchev–Trinajstić information content (AvgIpc) is 2.65. The van der Waals surface area contributed by atoms with Crippen LogP contribution in [-0.4, -0.2) is 64.5 Å². The van der Waals surface area contributed by atoms with Crippen LogP contribution in [0.15, 0.2) is 40.2 Å². The van der Waals surface area contributed by atoms with Crippen molar-refractivity contribution in [3.05, 3.63) is 30.3 Å². The normalized spacial score (nSPS) is 16.4. The summed E-state index contributed by atoms with van der Waals surface area (Å²) in [4.78, 5) is 17.6. The largest absolute Gasteiger partial charge is 0.355 e. The summed E-state index contributed by atoms with van der Waals surface area (Å²) in [7, 11) is -1.82. The third-order valence-corrected chi connectivity index (χ3v) is 5.74. The van der Waals surface area contributed by atoms with E-state index < -0.39 is 10.0 Å². The molecule has 8 nitrogen and oxygen atoms in total. The summed E-state index contributed by atoms with van der Waals surface area (Å²) in [6.45, 7) is 3.73. The van der Waals surface area contributed by atoms with E-state index in [1.54, 1.807) is 44.3 Å². The molecule has 1 saturated heterocycles. The first-order valence-electron chi connectivity index (χ1n) is 8.70. The lowest BCUT2D eigenvalue weighted by molar-refractivity contribution is -0.129. The van der Waals surface area contributed by atoms with Crippen LogP contribution in [-0.2, 0) is 14.8 Å². The van der Waals surface area contributed by atoms with E-state index >= 15 is 0 Å². The van der Waals surface area contributed by atoms with Crippen molar-refractivity contribution in [3.63, 3.8) is 0 Å². The van der Waals surface area contributed by atoms with Gasteiger partial charge in [0.25, 0.3) is 0 Å². The number of rotatable bonds is 6. The predicted octanol–water partition coefficient (Wildman–Crippen LogP) is 0.141. The van der Waals surface area contributed by atoms with Crippen LogP contribution in [0.25, 0.3) is 0 Å². The molecule has 0 spiro atoms. The molecule has 1 amide bonds. The summed E-state index contributed by atoms with van der Waals surface area (Å²) in [5.74, 6) is 0.738. The van der Waals surface area contributed by atoms with Crippen LogP contribution < -0.4 is 15.4 Å². The Balaban J connectivity index is 1.72. The van der Waals surface area contributed by atoms with Gasteiger partial charge in [-0.3, -0.25) is 9.79 Å². The van der Waals surface area contributed by atoms with Crippen molar-refractivity contribution in [2.24, 2.45) is 4.99 Å². The second-order valence-electron chi connectivity index (χ2n) is 6.13. The highest BCUT2D eigenvalue weighted by molar-refractivity contribution is 7.89. The first-order chi connectivity index (χ1) is 12.4. The number of guanidine groups is 1. The van der Waals surface area contributed by atoms with E-state index in [0.29, 0.717) is 12.5 Å². The van der Waals surface area contributed by atoms with Crippen LogP contribution in [0, 0.1) is 0 Å². The molecule has 1 aliphatic rings. The van der Waals surface area contributed by atoms with E-state index in [9.17, 15) is 13.2 Å². The molecule has 0 saturated carbocycles. The minimum atomic E-state index is -3.49. The fourth-order valence-corrected chi connectivity index (χ4v) is 3.83. The molecule has 0 radical (unpaired) electrons. The van der Waals surface area contributed by atoms with Crippen LogP contribution in [0.1, 0.15) is 19.8 Å². The van der Waals surface area contributed by atoms with E-state index in [0.717, 1.165) is 25.9 Å². The van der Waals surface area contributed by atoms with Gasteiger partial charge < -0.3 is 15.5 Å². The number of carbonyl (C=O) groups excluding carboxylic acids is 1. The molecule has 0 aliphatic carbocycles. The molecule has 26 heavy (non-hydrogen) atoms. The van der Waals surface area contributed by atoms with Gasteiger partial charge in [-0.2, -0.15) is 0 Å². The van der Waals surface area contributed by atoms with Gasteiger partial charge in [-0.15, -0.1) is 0 Å². The molecule has 0 aromatic heterocycles. The lowest BCUT2D eigenvalue weighted by atomic mass is 10.1. The number of benzene rings is 1. The van der Waals surface area contributed by atoms with Crippen molar-refractivity contribution in [3.8, 4) is 0 Å². The van der Waals surface area contributed by atoms with Crippen molar-refractivity contribution in [1.82, 2.24) is 20.3 Å². The van der Waals surface area contributed by atoms with Crippen LogP contribution >= 0.6 is 0 Å². The lowest BCUT2D eigenvalue weighted by Gasteiger charge is -2.32. The molecule has 1 aromatic rings. The zero-order valence-corrected chi connectivity index (χ0v) is 16.1. The zero-order chi connectivity index (χ0) is 19.0. The Hall–Kier alpha value is -2.13. The highest BCUT2D eigenvalue weighted by Gasteiger charge is 2.21. The van der Waals surface area contributed by atoms with Crippen LogP contribution in [0.2, 0.25) is 0 Å². The van der Waals surface area contributed by atoms with Gasteiger partial charge in [-0.1, -0.05) is 18.2 Å². The third kappa shape index (κ3) is 5.99. The number of hydrogen-bond donors (Lipinski definition) is 3. The van der Waals surface area contributed by atoms with Crippen molar-refractivity contribution < 1.29 is 13.2 Å². The Morgan fingerprint density at radius 3 is 2.42 bits per heavy atom. The smallest absolute Gasteiger partial charge is 0.240 e. The molecule has 1 heterocycles. The molecule has 9 heteroatoms. The quantitative estimate of drug-likeness (QED) is 0.370. The minimum absolute atomic E-state index is 0.108. The summed E-state index contributed by atoms with van der Waals surface area (Å²) in [5, 5.41) is 6.42. The van der Waals surface area contributed by atoms with E-state index in [2.05, 4.69) is 20.3 Å². The topological polar surface area (TPSA) is 103 Å². The number of aliphatic imine (C=N–C) groups is 1. The SMILES string of the molecule is CN=C(NCCNS(=O)(=O)c1ccccc1)NC1CCN(C(C)=O)CC1. The van der Waals surface area contributed by atoms with Crippen LogP contribution in [0.4, 0.5) is 0 Å². The van der Waals surface area contributed by atoms with Gasteiger partial charge in [0, 0.05) is 46.2 Å². The van der Waals surface area contributed by atoms with E-state index in [4.69, 9.17) is 0 Å². The van der Waals surface area contributed by atoms with Crippen molar-refractivity contribution in [1.29, 1.82) is 0 Å². The second-order valence-corrected chi connectivity index (χ2v) is 7.90. The Kier molecular flexibility index (Phi) is 7.40. The van der Waals surface area contributed by atoms with E-state index in [1.165, 1.54) is 0 Å². The third-order valence-electron chi connectivity index (χ3n) is 4.27. The maximum atomic E-state index is 12.1. The van der Waals surface area contributed by atoms with Crippen molar-refractivity contribution in [2.45, 2.75) is 30.7 Å². The van der Waals surface area contributed by atoms with Crippen LogP contribution in [0.3, 0.4) is 0 Å². The van der Waals surface area contributed by atoms with Gasteiger partial charge in [0.1, 0.15) is 0 Å². The second kappa shape index (κ2) is 9.54. The lowest BCUT2D eigenvalue weighted by Crippen LogP contribution is -2.50. The molecular weight excluding hydrogens is 354 g/mol. The molecule has 3 N–H and O–H groups in total. The molecule has 0 atom stereocenters. The number of amides is 1. The molecule has 0 bridgehead atoms. The summed E-state index contributed by atoms with van der Waals surface area (Å²) in [6.07, 6.45) is 1.72. The maximum Gasteiger partial charge on any atom is 0.240 e. The summed E-state index contributed by atoms with van der Waals surface area (Å²) in [6, 6.07) is 8.52. The van der Waals surface area contributed by atoms with Crippen LogP contribution in [0.5, 0.6) is 0 Å². The molecule has 1 aromatic carbocycles. The number of carbonyl (C=O) groups is 1. The number of nitrogens with zero attached hydrogens (tertiary/aromatic N) is 2. The molecule has 0 unspecified atom stereocenters. The molecular formula is C17H27N5O3S. The molecule has 144 valence electrons. The Morgan fingerprint density at radius 1 is 1.19 bits per heavy atom. The summed E-state index contributed by atoms with van der Waals surface area (Å²) in [5.41, 5.74) is 0. The molecule has 1 aliphatic heterocycles.